The summed E-state index contributed by atoms with van der Waals surface area (Å²) in [4.78, 5) is 36.9. The molecule has 2 N–H and O–H groups in total. The van der Waals surface area contributed by atoms with Crippen molar-refractivity contribution in [2.45, 2.75) is 97.2 Å². The number of esters is 3. The van der Waals surface area contributed by atoms with E-state index in [4.69, 9.17) is 18.6 Å². The highest BCUT2D eigenvalue weighted by Gasteiger charge is 2.78. The van der Waals surface area contributed by atoms with Gasteiger partial charge in [0.2, 0.25) is 0 Å². The lowest BCUT2D eigenvalue weighted by Crippen LogP contribution is -2.81. The third-order valence-corrected chi connectivity index (χ3v) is 9.07. The van der Waals surface area contributed by atoms with Crippen LogP contribution in [-0.4, -0.2) is 52.0 Å². The molecule has 194 valence electrons. The highest BCUT2D eigenvalue weighted by Crippen LogP contribution is 2.68. The molecule has 0 radical (unpaired) electrons. The number of ether oxygens (including phenoxy) is 3. The molecule has 3 aliphatic rings. The van der Waals surface area contributed by atoms with Gasteiger partial charge < -0.3 is 28.8 Å². The molecular weight excluding hydrogens is 456 g/mol. The summed E-state index contributed by atoms with van der Waals surface area (Å²) in [7, 11) is 0. The van der Waals surface area contributed by atoms with Crippen LogP contribution >= 0.6 is 0 Å². The predicted molar refractivity (Wildman–Crippen MR) is 122 cm³/mol. The molecule has 9 heteroatoms. The maximum absolute atomic E-state index is 12.8. The molecule has 2 fully saturated rings. The first-order valence-corrected chi connectivity index (χ1v) is 12.1. The minimum atomic E-state index is -1.79. The summed E-state index contributed by atoms with van der Waals surface area (Å²) in [6.45, 7) is 11.0. The second-order valence-electron chi connectivity index (χ2n) is 11.4. The molecule has 2 saturated carbocycles. The minimum Gasteiger partial charge on any atom is -0.469 e. The summed E-state index contributed by atoms with van der Waals surface area (Å²) in [5.41, 5.74) is -4.83. The fourth-order valence-corrected chi connectivity index (χ4v) is 7.62. The molecule has 0 aliphatic heterocycles. The Morgan fingerprint density at radius 1 is 0.971 bits per heavy atom. The third kappa shape index (κ3) is 3.45. The van der Waals surface area contributed by atoms with Crippen LogP contribution in [0.4, 0.5) is 0 Å². The normalized spacial score (nSPS) is 41.6. The van der Waals surface area contributed by atoms with Crippen LogP contribution in [0.25, 0.3) is 0 Å². The van der Waals surface area contributed by atoms with Crippen LogP contribution < -0.4 is 0 Å². The second kappa shape index (κ2) is 8.06. The largest absolute Gasteiger partial charge is 0.469 e. The van der Waals surface area contributed by atoms with Gasteiger partial charge in [-0.1, -0.05) is 20.8 Å². The first-order valence-electron chi connectivity index (χ1n) is 12.1. The van der Waals surface area contributed by atoms with E-state index in [1.54, 1.807) is 13.0 Å². The summed E-state index contributed by atoms with van der Waals surface area (Å²) < 4.78 is 23.1. The Kier molecular flexibility index (Phi) is 5.92. The standard InChI is InChI=1S/C26H36O9/c1-13(27)33-19-8-10-23(4,5)26(31)22(35-15(3)29)21(34-14(2)28)20-17(24(19,26)6)12-18-16(9-11-32-18)25(20,7)30/h9,11,17,19-22,30-31H,8,10,12H2,1-7H3/t17-,19-,20-,21+,22-,24-,25+,26+/m1/s1. The van der Waals surface area contributed by atoms with Crippen molar-refractivity contribution in [3.8, 4) is 0 Å². The lowest BCUT2D eigenvalue weighted by atomic mass is 9.38. The first kappa shape index (κ1) is 25.7. The number of aliphatic hydroxyl groups is 2. The van der Waals surface area contributed by atoms with Crippen molar-refractivity contribution in [3.63, 3.8) is 0 Å². The lowest BCUT2D eigenvalue weighted by Gasteiger charge is -2.70. The molecule has 0 amide bonds. The molecule has 0 bridgehead atoms. The Morgan fingerprint density at radius 3 is 2.14 bits per heavy atom. The topological polar surface area (TPSA) is 132 Å². The average Bonchev–Trinajstić information content (AvgIpc) is 3.19. The summed E-state index contributed by atoms with van der Waals surface area (Å²) in [6, 6.07) is 1.68. The van der Waals surface area contributed by atoms with E-state index in [1.807, 2.05) is 20.8 Å². The molecule has 35 heavy (non-hydrogen) atoms. The van der Waals surface area contributed by atoms with E-state index in [-0.39, 0.29) is 0 Å². The van der Waals surface area contributed by atoms with Crippen molar-refractivity contribution in [2.75, 3.05) is 0 Å². The van der Waals surface area contributed by atoms with Gasteiger partial charge >= 0.3 is 17.9 Å². The number of rotatable bonds is 3. The maximum atomic E-state index is 12.8. The van der Waals surface area contributed by atoms with Gasteiger partial charge in [0.1, 0.15) is 23.6 Å². The number of fused-ring (bicyclic) bond motifs is 4. The maximum Gasteiger partial charge on any atom is 0.303 e. The Hall–Kier alpha value is -2.39. The zero-order valence-electron chi connectivity index (χ0n) is 21.4. The number of carbonyl (C=O) groups excluding carboxylic acids is 3. The van der Waals surface area contributed by atoms with Gasteiger partial charge in [-0.15, -0.1) is 0 Å². The van der Waals surface area contributed by atoms with E-state index < -0.39 is 70.1 Å². The summed E-state index contributed by atoms with van der Waals surface area (Å²) in [6.07, 6.45) is -0.497. The highest BCUT2D eigenvalue weighted by atomic mass is 16.6. The zero-order chi connectivity index (χ0) is 26.1. The van der Waals surface area contributed by atoms with Crippen LogP contribution in [0, 0.1) is 22.7 Å². The van der Waals surface area contributed by atoms with Crippen molar-refractivity contribution >= 4 is 17.9 Å². The second-order valence-corrected chi connectivity index (χ2v) is 11.4. The van der Waals surface area contributed by atoms with Crippen LogP contribution in [0.2, 0.25) is 0 Å². The average molecular weight is 493 g/mol. The molecule has 0 unspecified atom stereocenters. The fourth-order valence-electron chi connectivity index (χ4n) is 7.62. The number of hydrogen-bond acceptors (Lipinski definition) is 9. The van der Waals surface area contributed by atoms with Gasteiger partial charge in [-0.3, -0.25) is 14.4 Å². The number of carbonyl (C=O) groups is 3. The molecule has 3 aliphatic carbocycles. The van der Waals surface area contributed by atoms with E-state index in [0.717, 1.165) is 0 Å². The van der Waals surface area contributed by atoms with Crippen LogP contribution in [-0.2, 0) is 40.6 Å². The minimum absolute atomic E-state index is 0.306. The van der Waals surface area contributed by atoms with Crippen LogP contribution in [0.15, 0.2) is 16.7 Å². The van der Waals surface area contributed by atoms with Gasteiger partial charge in [0.25, 0.3) is 0 Å². The van der Waals surface area contributed by atoms with Crippen molar-refractivity contribution < 1.29 is 43.2 Å². The number of furan rings is 1. The third-order valence-electron chi connectivity index (χ3n) is 9.07. The Bertz CT molecular complexity index is 1040. The first-order chi connectivity index (χ1) is 16.1. The molecule has 8 atom stereocenters. The van der Waals surface area contributed by atoms with Gasteiger partial charge in [0.15, 0.2) is 6.10 Å². The smallest absolute Gasteiger partial charge is 0.303 e. The summed E-state index contributed by atoms with van der Waals surface area (Å²) >= 11 is 0. The van der Waals surface area contributed by atoms with E-state index >= 15 is 0 Å². The highest BCUT2D eigenvalue weighted by molar-refractivity contribution is 5.68. The molecule has 1 aromatic rings. The predicted octanol–water partition coefficient (Wildman–Crippen LogP) is 2.64. The fraction of sp³-hybridized carbons (Fsp3) is 0.731. The van der Waals surface area contributed by atoms with Gasteiger partial charge in [-0.05, 0) is 37.2 Å². The van der Waals surface area contributed by atoms with Crippen molar-refractivity contribution in [1.29, 1.82) is 0 Å². The van der Waals surface area contributed by atoms with E-state index in [9.17, 15) is 24.6 Å². The van der Waals surface area contributed by atoms with Gasteiger partial charge in [-0.25, -0.2) is 0 Å². The van der Waals surface area contributed by atoms with Gasteiger partial charge in [0, 0.05) is 44.1 Å². The van der Waals surface area contributed by atoms with Crippen molar-refractivity contribution in [2.24, 2.45) is 22.7 Å². The van der Waals surface area contributed by atoms with E-state index in [0.29, 0.717) is 30.6 Å². The lowest BCUT2D eigenvalue weighted by molar-refractivity contribution is -0.351. The Morgan fingerprint density at radius 2 is 1.57 bits per heavy atom. The molecule has 0 aromatic carbocycles. The van der Waals surface area contributed by atoms with Crippen LogP contribution in [0.5, 0.6) is 0 Å². The zero-order valence-corrected chi connectivity index (χ0v) is 21.4. The summed E-state index contributed by atoms with van der Waals surface area (Å²) in [5, 5.41) is 24.7. The Labute approximate surface area is 205 Å². The number of hydrogen-bond donors (Lipinski definition) is 2. The Balaban J connectivity index is 2.05. The van der Waals surface area contributed by atoms with E-state index in [1.165, 1.54) is 27.0 Å². The molecule has 0 spiro atoms. The van der Waals surface area contributed by atoms with Crippen LogP contribution in [0.1, 0.15) is 72.6 Å². The molecule has 0 saturated heterocycles. The molecule has 9 nitrogen and oxygen atoms in total. The van der Waals surface area contributed by atoms with Crippen LogP contribution in [0.3, 0.4) is 0 Å². The molecule has 1 aromatic heterocycles. The summed E-state index contributed by atoms with van der Waals surface area (Å²) in [5.74, 6) is -2.58. The molecule has 1 heterocycles. The molecular formula is C26H36O9. The van der Waals surface area contributed by atoms with Crippen molar-refractivity contribution in [3.05, 3.63) is 23.7 Å². The van der Waals surface area contributed by atoms with E-state index in [2.05, 4.69) is 0 Å². The molecule has 4 rings (SSSR count). The van der Waals surface area contributed by atoms with Gasteiger partial charge in [-0.2, -0.15) is 0 Å². The van der Waals surface area contributed by atoms with Crippen molar-refractivity contribution in [1.82, 2.24) is 0 Å². The quantitative estimate of drug-likeness (QED) is 0.483. The SMILES string of the molecule is CC(=O)O[C@H]1[C@H]2[C@@H](Cc3occc3[C@]2(C)O)[C@]2(C)[C@H](OC(C)=O)CCC(C)(C)[C@@]2(O)[C@@H]1OC(C)=O. The monoisotopic (exact) mass is 492 g/mol. The van der Waals surface area contributed by atoms with Gasteiger partial charge in [0.05, 0.1) is 11.9 Å².